The van der Waals surface area contributed by atoms with Gasteiger partial charge in [-0.2, -0.15) is 9.30 Å². The molecule has 0 aliphatic carbocycles. The molecule has 0 atom stereocenters. The van der Waals surface area contributed by atoms with Gasteiger partial charge in [-0.25, -0.2) is 13.2 Å². The van der Waals surface area contributed by atoms with Crippen LogP contribution >= 0.6 is 22.9 Å². The number of rotatable bonds is 6. The van der Waals surface area contributed by atoms with Crippen molar-refractivity contribution >= 4 is 55.2 Å². The van der Waals surface area contributed by atoms with Crippen LogP contribution in [0, 0.1) is 0 Å². The quantitative estimate of drug-likeness (QED) is 0.462. The number of aromatic nitrogens is 1. The maximum absolute atomic E-state index is 13.1. The van der Waals surface area contributed by atoms with Crippen LogP contribution in [0.5, 0.6) is 0 Å². The van der Waals surface area contributed by atoms with Crippen molar-refractivity contribution < 1.29 is 22.7 Å². The Labute approximate surface area is 218 Å². The van der Waals surface area contributed by atoms with Crippen molar-refractivity contribution in [1.29, 1.82) is 0 Å². The molecule has 0 spiro atoms. The largest absolute Gasteiger partial charge is 0.450 e. The first kappa shape index (κ1) is 26.3. The van der Waals surface area contributed by atoms with Crippen LogP contribution in [0.2, 0.25) is 5.02 Å². The lowest BCUT2D eigenvalue weighted by Gasteiger charge is -2.33. The summed E-state index contributed by atoms with van der Waals surface area (Å²) >= 11 is 7.51. The van der Waals surface area contributed by atoms with Crippen LogP contribution in [0.1, 0.15) is 30.6 Å². The lowest BCUT2D eigenvalue weighted by Crippen LogP contribution is -2.50. The third kappa shape index (κ3) is 5.49. The summed E-state index contributed by atoms with van der Waals surface area (Å²) in [5, 5.41) is 0.615. The Bertz CT molecular complexity index is 1440. The zero-order valence-electron chi connectivity index (χ0n) is 20.0. The van der Waals surface area contributed by atoms with E-state index < -0.39 is 22.0 Å². The van der Waals surface area contributed by atoms with E-state index in [0.717, 1.165) is 16.6 Å². The highest BCUT2D eigenvalue weighted by atomic mass is 35.5. The van der Waals surface area contributed by atoms with Gasteiger partial charge in [0.05, 0.1) is 21.7 Å². The minimum absolute atomic E-state index is 0.0844. The lowest BCUT2D eigenvalue weighted by molar-refractivity contribution is 0.0933. The molecule has 3 aromatic rings. The lowest BCUT2D eigenvalue weighted by atomic mass is 10.2. The van der Waals surface area contributed by atoms with Crippen molar-refractivity contribution in [3.05, 3.63) is 57.9 Å². The molecule has 4 rings (SSSR count). The number of sulfonamides is 1. The van der Waals surface area contributed by atoms with Crippen LogP contribution in [0.3, 0.4) is 0 Å². The Morgan fingerprint density at radius 2 is 1.75 bits per heavy atom. The minimum Gasteiger partial charge on any atom is -0.450 e. The molecule has 0 radical (unpaired) electrons. The van der Waals surface area contributed by atoms with E-state index in [1.54, 1.807) is 6.92 Å². The predicted octanol–water partition coefficient (Wildman–Crippen LogP) is 3.97. The van der Waals surface area contributed by atoms with Crippen molar-refractivity contribution in [2.75, 3.05) is 32.8 Å². The van der Waals surface area contributed by atoms with E-state index in [-0.39, 0.29) is 37.7 Å². The molecule has 1 fully saturated rings. The number of thiazole rings is 1. The number of hydrogen-bond acceptors (Lipinski definition) is 6. The highest BCUT2D eigenvalue weighted by Gasteiger charge is 2.30. The highest BCUT2D eigenvalue weighted by Crippen LogP contribution is 2.23. The number of amides is 2. The highest BCUT2D eigenvalue weighted by molar-refractivity contribution is 7.89. The monoisotopic (exact) mass is 550 g/mol. The van der Waals surface area contributed by atoms with Gasteiger partial charge in [-0.15, -0.1) is 0 Å². The number of nitrogens with zero attached hydrogens (tertiary/aromatic N) is 4. The second kappa shape index (κ2) is 11.1. The van der Waals surface area contributed by atoms with Crippen LogP contribution in [-0.4, -0.2) is 67.0 Å². The maximum Gasteiger partial charge on any atom is 0.409 e. The van der Waals surface area contributed by atoms with Crippen LogP contribution in [0.15, 0.2) is 52.4 Å². The van der Waals surface area contributed by atoms with Gasteiger partial charge >= 0.3 is 6.09 Å². The summed E-state index contributed by atoms with van der Waals surface area (Å²) in [4.78, 5) is 31.3. The van der Waals surface area contributed by atoms with Gasteiger partial charge in [0.25, 0.3) is 5.91 Å². The fourth-order valence-electron chi connectivity index (χ4n) is 3.97. The molecule has 12 heteroatoms. The molecule has 1 aromatic heterocycles. The van der Waals surface area contributed by atoms with Gasteiger partial charge in [-0.05, 0) is 55.8 Å². The van der Waals surface area contributed by atoms with Gasteiger partial charge in [-0.3, -0.25) is 4.79 Å². The molecule has 2 aromatic carbocycles. The Balaban J connectivity index is 1.53. The standard InChI is InChI=1S/C24H27ClN4O5S2/c1-3-11-29-20-10-7-18(25)16-21(20)35-23(29)26-22(30)17-5-8-19(9-6-17)36(32,33)28-14-12-27(13-15-28)24(31)34-4-2/h5-10,16H,3-4,11-15H2,1-2H3. The average molecular weight is 551 g/mol. The average Bonchev–Trinajstić information content (AvgIpc) is 3.20. The summed E-state index contributed by atoms with van der Waals surface area (Å²) < 4.78 is 35.4. The molecular weight excluding hydrogens is 524 g/mol. The van der Waals surface area contributed by atoms with Crippen molar-refractivity contribution in [3.8, 4) is 0 Å². The molecule has 1 aliphatic heterocycles. The van der Waals surface area contributed by atoms with Gasteiger partial charge in [-0.1, -0.05) is 29.9 Å². The first-order valence-corrected chi connectivity index (χ1v) is 14.3. The molecule has 192 valence electrons. The van der Waals surface area contributed by atoms with E-state index in [0.29, 0.717) is 21.9 Å². The zero-order valence-corrected chi connectivity index (χ0v) is 22.4. The SMILES string of the molecule is CCCn1c(=NC(=O)c2ccc(S(=O)(=O)N3CCN(C(=O)OCC)CC3)cc2)sc2cc(Cl)ccc21. The van der Waals surface area contributed by atoms with Crippen molar-refractivity contribution in [3.63, 3.8) is 0 Å². The summed E-state index contributed by atoms with van der Waals surface area (Å²) in [6, 6.07) is 11.4. The number of benzene rings is 2. The number of fused-ring (bicyclic) bond motifs is 1. The second-order valence-electron chi connectivity index (χ2n) is 8.18. The fraction of sp³-hybridized carbons (Fsp3) is 0.375. The Morgan fingerprint density at radius 1 is 1.06 bits per heavy atom. The summed E-state index contributed by atoms with van der Waals surface area (Å²) in [5.41, 5.74) is 1.25. The normalized spacial score (nSPS) is 15.4. The third-order valence-electron chi connectivity index (χ3n) is 5.79. The van der Waals surface area contributed by atoms with Gasteiger partial charge < -0.3 is 14.2 Å². The number of halogens is 1. The first-order valence-electron chi connectivity index (χ1n) is 11.6. The van der Waals surface area contributed by atoms with Crippen molar-refractivity contribution in [2.24, 2.45) is 4.99 Å². The number of carbonyl (C=O) groups excluding carboxylic acids is 2. The Hall–Kier alpha value is -2.73. The molecule has 0 unspecified atom stereocenters. The molecule has 2 heterocycles. The Morgan fingerprint density at radius 3 is 2.39 bits per heavy atom. The molecule has 0 bridgehead atoms. The molecule has 0 N–H and O–H groups in total. The molecule has 0 saturated carbocycles. The molecule has 36 heavy (non-hydrogen) atoms. The van der Waals surface area contributed by atoms with Gasteiger partial charge in [0.1, 0.15) is 0 Å². The zero-order chi connectivity index (χ0) is 25.9. The van der Waals surface area contributed by atoms with Crippen molar-refractivity contribution in [1.82, 2.24) is 13.8 Å². The van der Waals surface area contributed by atoms with E-state index in [2.05, 4.69) is 4.99 Å². The molecule has 2 amide bonds. The third-order valence-corrected chi connectivity index (χ3v) is 8.98. The van der Waals surface area contributed by atoms with Gasteiger partial charge in [0, 0.05) is 43.3 Å². The fourth-order valence-corrected chi connectivity index (χ4v) is 6.72. The van der Waals surface area contributed by atoms with E-state index >= 15 is 0 Å². The van der Waals surface area contributed by atoms with E-state index in [1.807, 2.05) is 29.7 Å². The summed E-state index contributed by atoms with van der Waals surface area (Å²) in [6.07, 6.45) is 0.430. The van der Waals surface area contributed by atoms with E-state index in [1.165, 1.54) is 44.8 Å². The van der Waals surface area contributed by atoms with Crippen LogP contribution < -0.4 is 4.80 Å². The van der Waals surface area contributed by atoms with Crippen LogP contribution in [0.4, 0.5) is 4.79 Å². The number of hydrogen-bond donors (Lipinski definition) is 0. The van der Waals surface area contributed by atoms with Crippen molar-refractivity contribution in [2.45, 2.75) is 31.7 Å². The topological polar surface area (TPSA) is 101 Å². The Kier molecular flexibility index (Phi) is 8.13. The maximum atomic E-state index is 13.1. The number of ether oxygens (including phenoxy) is 1. The number of piperazine rings is 1. The summed E-state index contributed by atoms with van der Waals surface area (Å²) in [7, 11) is -3.76. The van der Waals surface area contributed by atoms with E-state index in [4.69, 9.17) is 16.3 Å². The van der Waals surface area contributed by atoms with Gasteiger partial charge in [0.2, 0.25) is 10.0 Å². The predicted molar refractivity (Wildman–Crippen MR) is 139 cm³/mol. The van der Waals surface area contributed by atoms with Crippen LogP contribution in [-0.2, 0) is 21.3 Å². The van der Waals surface area contributed by atoms with Gasteiger partial charge in [0.15, 0.2) is 4.80 Å². The number of aryl methyl sites for hydroxylation is 1. The molecule has 9 nitrogen and oxygen atoms in total. The number of carbonyl (C=O) groups is 2. The molecule has 1 aliphatic rings. The molecule has 1 saturated heterocycles. The summed E-state index contributed by atoms with van der Waals surface area (Å²) in [6.45, 7) is 5.60. The smallest absolute Gasteiger partial charge is 0.409 e. The van der Waals surface area contributed by atoms with E-state index in [9.17, 15) is 18.0 Å². The second-order valence-corrected chi connectivity index (χ2v) is 11.6. The first-order chi connectivity index (χ1) is 17.2. The molecular formula is C24H27ClN4O5S2. The summed E-state index contributed by atoms with van der Waals surface area (Å²) in [5.74, 6) is -0.454. The van der Waals surface area contributed by atoms with Crippen LogP contribution in [0.25, 0.3) is 10.2 Å². The minimum atomic E-state index is -3.76.